The summed E-state index contributed by atoms with van der Waals surface area (Å²) in [5.74, 6) is -0.395. The molecule has 3 nitrogen and oxygen atoms in total. The standard InChI is InChI=1S/C11H22O3/c1-4-5-7-12-8-6-10-9-13-11(2,3)14-10/h10H,4-9H2,1-3H3/t10-/m0/s1. The molecule has 14 heavy (non-hydrogen) atoms. The van der Waals surface area contributed by atoms with Crippen molar-refractivity contribution in [2.24, 2.45) is 0 Å². The highest BCUT2D eigenvalue weighted by Crippen LogP contribution is 2.23. The Balaban J connectivity index is 1.98. The van der Waals surface area contributed by atoms with E-state index in [2.05, 4.69) is 6.92 Å². The minimum atomic E-state index is -0.395. The van der Waals surface area contributed by atoms with Crippen LogP contribution in [0.1, 0.15) is 40.0 Å². The van der Waals surface area contributed by atoms with E-state index in [1.807, 2.05) is 13.8 Å². The molecule has 0 bridgehead atoms. The molecule has 0 radical (unpaired) electrons. The lowest BCUT2D eigenvalue weighted by Crippen LogP contribution is -2.22. The van der Waals surface area contributed by atoms with Crippen molar-refractivity contribution < 1.29 is 14.2 Å². The Kier molecular flexibility index (Phi) is 4.85. The highest BCUT2D eigenvalue weighted by Gasteiger charge is 2.32. The molecule has 1 heterocycles. The van der Waals surface area contributed by atoms with E-state index in [9.17, 15) is 0 Å². The van der Waals surface area contributed by atoms with Gasteiger partial charge in [-0.3, -0.25) is 0 Å². The Labute approximate surface area is 86.7 Å². The minimum absolute atomic E-state index is 0.214. The lowest BCUT2D eigenvalue weighted by atomic mass is 10.3. The van der Waals surface area contributed by atoms with Gasteiger partial charge in [0.25, 0.3) is 0 Å². The van der Waals surface area contributed by atoms with Crippen molar-refractivity contribution in [1.29, 1.82) is 0 Å². The first-order valence-electron chi connectivity index (χ1n) is 5.53. The van der Waals surface area contributed by atoms with E-state index in [1.165, 1.54) is 6.42 Å². The second-order valence-corrected chi connectivity index (χ2v) is 4.21. The number of ether oxygens (including phenoxy) is 3. The summed E-state index contributed by atoms with van der Waals surface area (Å²) in [5, 5.41) is 0. The largest absolute Gasteiger partial charge is 0.381 e. The minimum Gasteiger partial charge on any atom is -0.381 e. The maximum Gasteiger partial charge on any atom is 0.163 e. The van der Waals surface area contributed by atoms with E-state index in [0.29, 0.717) is 6.61 Å². The van der Waals surface area contributed by atoms with E-state index in [0.717, 1.165) is 26.1 Å². The van der Waals surface area contributed by atoms with Gasteiger partial charge in [0.05, 0.1) is 12.7 Å². The quantitative estimate of drug-likeness (QED) is 0.619. The maximum absolute atomic E-state index is 5.65. The molecule has 0 N–H and O–H groups in total. The lowest BCUT2D eigenvalue weighted by molar-refractivity contribution is -0.140. The molecule has 1 saturated heterocycles. The van der Waals surface area contributed by atoms with Crippen molar-refractivity contribution in [3.05, 3.63) is 0 Å². The van der Waals surface area contributed by atoms with Crippen LogP contribution in [0.4, 0.5) is 0 Å². The van der Waals surface area contributed by atoms with Crippen LogP contribution >= 0.6 is 0 Å². The van der Waals surface area contributed by atoms with E-state index in [4.69, 9.17) is 14.2 Å². The van der Waals surface area contributed by atoms with Crippen molar-refractivity contribution in [2.75, 3.05) is 19.8 Å². The van der Waals surface area contributed by atoms with Crippen LogP contribution in [0.25, 0.3) is 0 Å². The van der Waals surface area contributed by atoms with Crippen LogP contribution in [0, 0.1) is 0 Å². The predicted molar refractivity (Wildman–Crippen MR) is 55.2 cm³/mol. The van der Waals surface area contributed by atoms with Crippen molar-refractivity contribution in [1.82, 2.24) is 0 Å². The van der Waals surface area contributed by atoms with Gasteiger partial charge in [-0.15, -0.1) is 0 Å². The summed E-state index contributed by atoms with van der Waals surface area (Å²) in [6, 6.07) is 0. The average molecular weight is 202 g/mol. The van der Waals surface area contributed by atoms with E-state index in [-0.39, 0.29) is 6.10 Å². The predicted octanol–water partition coefficient (Wildman–Crippen LogP) is 2.34. The van der Waals surface area contributed by atoms with Gasteiger partial charge in [-0.1, -0.05) is 13.3 Å². The van der Waals surface area contributed by atoms with Crippen LogP contribution in [0.3, 0.4) is 0 Å². The van der Waals surface area contributed by atoms with Gasteiger partial charge in [0.2, 0.25) is 0 Å². The number of unbranched alkanes of at least 4 members (excludes halogenated alkanes) is 1. The van der Waals surface area contributed by atoms with Crippen LogP contribution < -0.4 is 0 Å². The third kappa shape index (κ3) is 4.40. The Morgan fingerprint density at radius 1 is 1.36 bits per heavy atom. The zero-order chi connectivity index (χ0) is 10.4. The number of rotatable bonds is 6. The van der Waals surface area contributed by atoms with Crippen LogP contribution in [0.5, 0.6) is 0 Å². The fourth-order valence-corrected chi connectivity index (χ4v) is 1.47. The van der Waals surface area contributed by atoms with Gasteiger partial charge in [-0.2, -0.15) is 0 Å². The molecule has 84 valence electrons. The van der Waals surface area contributed by atoms with Crippen LogP contribution in [0.2, 0.25) is 0 Å². The Morgan fingerprint density at radius 2 is 2.14 bits per heavy atom. The van der Waals surface area contributed by atoms with E-state index < -0.39 is 5.79 Å². The summed E-state index contributed by atoms with van der Waals surface area (Å²) in [6.45, 7) is 8.41. The van der Waals surface area contributed by atoms with Gasteiger partial charge in [0, 0.05) is 13.2 Å². The highest BCUT2D eigenvalue weighted by molar-refractivity contribution is 4.70. The molecule has 1 rings (SSSR count). The monoisotopic (exact) mass is 202 g/mol. The molecular formula is C11H22O3. The SMILES string of the molecule is CCCCOCC[C@H]1COC(C)(C)O1. The molecule has 0 aromatic heterocycles. The van der Waals surface area contributed by atoms with Gasteiger partial charge in [0.15, 0.2) is 5.79 Å². The molecule has 1 aliphatic heterocycles. The van der Waals surface area contributed by atoms with Crippen molar-refractivity contribution in [3.8, 4) is 0 Å². The van der Waals surface area contributed by atoms with Crippen molar-refractivity contribution in [2.45, 2.75) is 51.9 Å². The van der Waals surface area contributed by atoms with Gasteiger partial charge in [-0.25, -0.2) is 0 Å². The molecule has 0 aliphatic carbocycles. The van der Waals surface area contributed by atoms with Crippen molar-refractivity contribution >= 4 is 0 Å². The Morgan fingerprint density at radius 3 is 2.71 bits per heavy atom. The molecule has 0 aromatic carbocycles. The fourth-order valence-electron chi connectivity index (χ4n) is 1.47. The van der Waals surface area contributed by atoms with Crippen molar-refractivity contribution in [3.63, 3.8) is 0 Å². The fraction of sp³-hybridized carbons (Fsp3) is 1.00. The van der Waals surface area contributed by atoms with Gasteiger partial charge in [0.1, 0.15) is 0 Å². The number of hydrogen-bond acceptors (Lipinski definition) is 3. The van der Waals surface area contributed by atoms with Gasteiger partial charge in [-0.05, 0) is 26.7 Å². The first-order valence-corrected chi connectivity index (χ1v) is 5.53. The summed E-state index contributed by atoms with van der Waals surface area (Å²) in [5.41, 5.74) is 0. The summed E-state index contributed by atoms with van der Waals surface area (Å²) in [7, 11) is 0. The molecule has 1 fully saturated rings. The topological polar surface area (TPSA) is 27.7 Å². The maximum atomic E-state index is 5.65. The third-order valence-electron chi connectivity index (χ3n) is 2.29. The first-order chi connectivity index (χ1) is 6.64. The normalized spacial score (nSPS) is 25.5. The molecule has 0 aromatic rings. The van der Waals surface area contributed by atoms with E-state index >= 15 is 0 Å². The highest BCUT2D eigenvalue weighted by atomic mass is 16.7. The van der Waals surface area contributed by atoms with Crippen LogP contribution in [0.15, 0.2) is 0 Å². The summed E-state index contributed by atoms with van der Waals surface area (Å²) in [4.78, 5) is 0. The molecule has 1 atom stereocenters. The molecule has 0 amide bonds. The Bertz CT molecular complexity index is 157. The summed E-state index contributed by atoms with van der Waals surface area (Å²) < 4.78 is 16.6. The lowest BCUT2D eigenvalue weighted by Gasteiger charge is -2.16. The molecule has 3 heteroatoms. The Hall–Kier alpha value is -0.120. The zero-order valence-electron chi connectivity index (χ0n) is 9.54. The first kappa shape index (κ1) is 12.0. The van der Waals surface area contributed by atoms with E-state index in [1.54, 1.807) is 0 Å². The summed E-state index contributed by atoms with van der Waals surface area (Å²) >= 11 is 0. The second kappa shape index (κ2) is 5.69. The third-order valence-corrected chi connectivity index (χ3v) is 2.29. The molecule has 0 saturated carbocycles. The van der Waals surface area contributed by atoms with Gasteiger partial charge >= 0.3 is 0 Å². The molecule has 0 unspecified atom stereocenters. The van der Waals surface area contributed by atoms with Crippen LogP contribution in [-0.4, -0.2) is 31.7 Å². The molecular weight excluding hydrogens is 180 g/mol. The zero-order valence-corrected chi connectivity index (χ0v) is 9.54. The average Bonchev–Trinajstić information content (AvgIpc) is 2.45. The second-order valence-electron chi connectivity index (χ2n) is 4.21. The van der Waals surface area contributed by atoms with Gasteiger partial charge < -0.3 is 14.2 Å². The molecule has 1 aliphatic rings. The number of hydrogen-bond donors (Lipinski definition) is 0. The van der Waals surface area contributed by atoms with Crippen LogP contribution in [-0.2, 0) is 14.2 Å². The summed E-state index contributed by atoms with van der Waals surface area (Å²) in [6.07, 6.45) is 3.49. The smallest absolute Gasteiger partial charge is 0.163 e. The molecule has 0 spiro atoms.